The van der Waals surface area contributed by atoms with Gasteiger partial charge >= 0.3 is 0 Å². The van der Waals surface area contributed by atoms with Crippen molar-refractivity contribution in [3.8, 4) is 5.75 Å². The lowest BCUT2D eigenvalue weighted by Crippen LogP contribution is -2.17. The number of aromatic nitrogens is 2. The van der Waals surface area contributed by atoms with Crippen LogP contribution >= 0.6 is 23.1 Å². The molecule has 5 nitrogen and oxygen atoms in total. The SMILES string of the molecule is Fc1cc2c(c(CSc3nnc(N4CCCC4)s3)c1)OCOC2. The Morgan fingerprint density at radius 3 is 3.00 bits per heavy atom. The molecule has 0 amide bonds. The molecule has 0 radical (unpaired) electrons. The molecule has 0 atom stereocenters. The number of thioether (sulfide) groups is 1. The van der Waals surface area contributed by atoms with Gasteiger partial charge in [-0.3, -0.25) is 0 Å². The summed E-state index contributed by atoms with van der Waals surface area (Å²) in [5.41, 5.74) is 1.60. The summed E-state index contributed by atoms with van der Waals surface area (Å²) in [6.45, 7) is 2.73. The van der Waals surface area contributed by atoms with E-state index in [0.29, 0.717) is 12.4 Å². The maximum absolute atomic E-state index is 13.7. The average molecular weight is 353 g/mol. The van der Waals surface area contributed by atoms with E-state index in [0.717, 1.165) is 39.4 Å². The molecule has 2 aliphatic rings. The van der Waals surface area contributed by atoms with Crippen LogP contribution in [0, 0.1) is 5.82 Å². The molecule has 0 N–H and O–H groups in total. The number of rotatable bonds is 4. The van der Waals surface area contributed by atoms with Gasteiger partial charge in [-0.2, -0.15) is 0 Å². The molecule has 2 aliphatic heterocycles. The van der Waals surface area contributed by atoms with Crippen LogP contribution in [0.1, 0.15) is 24.0 Å². The minimum atomic E-state index is -0.261. The summed E-state index contributed by atoms with van der Waals surface area (Å²) in [6, 6.07) is 3.00. The third kappa shape index (κ3) is 3.29. The summed E-state index contributed by atoms with van der Waals surface area (Å²) in [6.07, 6.45) is 2.44. The van der Waals surface area contributed by atoms with Crippen molar-refractivity contribution in [3.05, 3.63) is 29.1 Å². The molecule has 0 spiro atoms. The molecule has 1 aromatic carbocycles. The normalized spacial score (nSPS) is 17.2. The second-order valence-corrected chi connectivity index (χ2v) is 7.68. The molecule has 1 aromatic heterocycles. The monoisotopic (exact) mass is 353 g/mol. The van der Waals surface area contributed by atoms with Crippen LogP contribution in [0.5, 0.6) is 5.75 Å². The van der Waals surface area contributed by atoms with Crippen LogP contribution in [0.3, 0.4) is 0 Å². The zero-order valence-corrected chi connectivity index (χ0v) is 14.1. The van der Waals surface area contributed by atoms with E-state index in [-0.39, 0.29) is 12.6 Å². The van der Waals surface area contributed by atoms with Gasteiger partial charge in [0.1, 0.15) is 11.6 Å². The minimum absolute atomic E-state index is 0.216. The van der Waals surface area contributed by atoms with Crippen molar-refractivity contribution >= 4 is 28.2 Å². The van der Waals surface area contributed by atoms with Gasteiger partial charge in [0.25, 0.3) is 0 Å². The van der Waals surface area contributed by atoms with E-state index in [9.17, 15) is 4.39 Å². The Balaban J connectivity index is 1.48. The van der Waals surface area contributed by atoms with Gasteiger partial charge in [-0.25, -0.2) is 4.39 Å². The Labute approximate surface area is 141 Å². The third-order valence-corrected chi connectivity index (χ3v) is 6.04. The summed E-state index contributed by atoms with van der Waals surface area (Å²) in [7, 11) is 0. The number of benzene rings is 1. The highest BCUT2D eigenvalue weighted by molar-refractivity contribution is 8.00. The number of ether oxygens (including phenoxy) is 2. The Kier molecular flexibility index (Phi) is 4.37. The number of hydrogen-bond acceptors (Lipinski definition) is 7. The fourth-order valence-electron chi connectivity index (χ4n) is 2.80. The molecule has 1 fully saturated rings. The zero-order valence-electron chi connectivity index (χ0n) is 12.5. The Morgan fingerprint density at radius 1 is 1.26 bits per heavy atom. The smallest absolute Gasteiger partial charge is 0.209 e. The number of nitrogens with zero attached hydrogens (tertiary/aromatic N) is 3. The molecule has 3 heterocycles. The maximum atomic E-state index is 13.7. The first kappa shape index (κ1) is 15.2. The molecule has 0 bridgehead atoms. The van der Waals surface area contributed by atoms with Crippen molar-refractivity contribution in [3.63, 3.8) is 0 Å². The van der Waals surface area contributed by atoms with Crippen LogP contribution in [-0.2, 0) is 17.1 Å². The average Bonchev–Trinajstić information content (AvgIpc) is 3.23. The van der Waals surface area contributed by atoms with Gasteiger partial charge in [0.05, 0.1) is 6.61 Å². The second kappa shape index (κ2) is 6.62. The van der Waals surface area contributed by atoms with E-state index in [2.05, 4.69) is 15.1 Å². The van der Waals surface area contributed by atoms with Crippen molar-refractivity contribution in [1.82, 2.24) is 10.2 Å². The predicted octanol–water partition coefficient (Wildman–Crippen LogP) is 3.44. The molecular formula is C15H16FN3O2S2. The molecule has 0 saturated carbocycles. The highest BCUT2D eigenvalue weighted by Crippen LogP contribution is 2.36. The van der Waals surface area contributed by atoms with Crippen molar-refractivity contribution in [2.24, 2.45) is 0 Å². The lowest BCUT2D eigenvalue weighted by atomic mass is 10.1. The number of halogens is 1. The first-order valence-electron chi connectivity index (χ1n) is 7.53. The van der Waals surface area contributed by atoms with Crippen LogP contribution in [0.2, 0.25) is 0 Å². The Morgan fingerprint density at radius 2 is 2.13 bits per heavy atom. The second-order valence-electron chi connectivity index (χ2n) is 5.50. The van der Waals surface area contributed by atoms with Crippen molar-refractivity contribution in [2.75, 3.05) is 24.8 Å². The Bertz CT molecular complexity index is 704. The Hall–Kier alpha value is -1.38. The van der Waals surface area contributed by atoms with E-state index in [1.807, 2.05) is 0 Å². The van der Waals surface area contributed by atoms with Crippen LogP contribution in [-0.4, -0.2) is 30.1 Å². The maximum Gasteiger partial charge on any atom is 0.209 e. The van der Waals surface area contributed by atoms with Crippen LogP contribution < -0.4 is 9.64 Å². The van der Waals surface area contributed by atoms with Crippen LogP contribution in [0.15, 0.2) is 16.5 Å². The summed E-state index contributed by atoms with van der Waals surface area (Å²) >= 11 is 3.16. The highest BCUT2D eigenvalue weighted by atomic mass is 32.2. The quantitative estimate of drug-likeness (QED) is 0.785. The number of hydrogen-bond donors (Lipinski definition) is 0. The molecule has 8 heteroatoms. The fourth-order valence-corrected chi connectivity index (χ4v) is 4.66. The topological polar surface area (TPSA) is 47.5 Å². The van der Waals surface area contributed by atoms with Crippen LogP contribution in [0.25, 0.3) is 0 Å². The van der Waals surface area contributed by atoms with Gasteiger partial charge in [0.2, 0.25) is 5.13 Å². The van der Waals surface area contributed by atoms with E-state index in [1.54, 1.807) is 23.1 Å². The van der Waals surface area contributed by atoms with E-state index >= 15 is 0 Å². The number of fused-ring (bicyclic) bond motifs is 1. The van der Waals surface area contributed by atoms with Gasteiger partial charge < -0.3 is 14.4 Å². The first-order valence-corrected chi connectivity index (χ1v) is 9.33. The molecule has 1 saturated heterocycles. The van der Waals surface area contributed by atoms with Crippen LogP contribution in [0.4, 0.5) is 9.52 Å². The molecule has 23 heavy (non-hydrogen) atoms. The molecule has 4 rings (SSSR count). The van der Waals surface area contributed by atoms with Gasteiger partial charge in [-0.05, 0) is 25.0 Å². The predicted molar refractivity (Wildman–Crippen MR) is 87.6 cm³/mol. The molecule has 0 unspecified atom stereocenters. The van der Waals surface area contributed by atoms with E-state index in [4.69, 9.17) is 9.47 Å². The highest BCUT2D eigenvalue weighted by Gasteiger charge is 2.19. The van der Waals surface area contributed by atoms with E-state index in [1.165, 1.54) is 25.0 Å². The zero-order chi connectivity index (χ0) is 15.6. The summed E-state index contributed by atoms with van der Waals surface area (Å²) in [5.74, 6) is 1.09. The van der Waals surface area contributed by atoms with Gasteiger partial charge in [-0.1, -0.05) is 23.1 Å². The van der Waals surface area contributed by atoms with E-state index < -0.39 is 0 Å². The van der Waals surface area contributed by atoms with Crippen molar-refractivity contribution in [1.29, 1.82) is 0 Å². The first-order chi connectivity index (χ1) is 11.3. The molecule has 2 aromatic rings. The largest absolute Gasteiger partial charge is 0.467 e. The summed E-state index contributed by atoms with van der Waals surface area (Å²) in [4.78, 5) is 2.27. The minimum Gasteiger partial charge on any atom is -0.467 e. The number of anilines is 1. The summed E-state index contributed by atoms with van der Waals surface area (Å²) in [5, 5.41) is 9.49. The van der Waals surface area contributed by atoms with Crippen molar-refractivity contribution < 1.29 is 13.9 Å². The van der Waals surface area contributed by atoms with Gasteiger partial charge in [0.15, 0.2) is 11.1 Å². The lowest BCUT2D eigenvalue weighted by Gasteiger charge is -2.20. The third-order valence-electron chi connectivity index (χ3n) is 3.88. The fraction of sp³-hybridized carbons (Fsp3) is 0.467. The van der Waals surface area contributed by atoms with Gasteiger partial charge in [-0.15, -0.1) is 10.2 Å². The summed E-state index contributed by atoms with van der Waals surface area (Å²) < 4.78 is 25.4. The van der Waals surface area contributed by atoms with Gasteiger partial charge in [0, 0.05) is 30.0 Å². The molecule has 122 valence electrons. The van der Waals surface area contributed by atoms with Crippen molar-refractivity contribution in [2.45, 2.75) is 29.5 Å². The molecule has 0 aliphatic carbocycles. The molecular weight excluding hydrogens is 337 g/mol. The lowest BCUT2D eigenvalue weighted by molar-refractivity contribution is -0.0171. The standard InChI is InChI=1S/C15H16FN3O2S2/c16-12-5-10-7-20-9-21-13(10)11(6-12)8-22-15-18-17-14(23-15)19-3-1-2-4-19/h5-6H,1-4,7-9H2.